The zero-order chi connectivity index (χ0) is 18.7. The maximum atomic E-state index is 12.9. The van der Waals surface area contributed by atoms with Gasteiger partial charge in [-0.3, -0.25) is 9.69 Å². The first kappa shape index (κ1) is 18.7. The quantitative estimate of drug-likeness (QED) is 0.828. The number of amides is 1. The van der Waals surface area contributed by atoms with Crippen LogP contribution >= 0.6 is 11.6 Å². The lowest BCUT2D eigenvalue weighted by Crippen LogP contribution is -2.33. The minimum atomic E-state index is -4.56. The number of carbonyl (C=O) groups excluding carboxylic acids is 1. The van der Waals surface area contributed by atoms with Crippen LogP contribution in [0.1, 0.15) is 23.1 Å². The Balaban J connectivity index is 1.55. The molecule has 0 spiro atoms. The second-order valence-electron chi connectivity index (χ2n) is 6.29. The van der Waals surface area contributed by atoms with Gasteiger partial charge in [0.15, 0.2) is 0 Å². The molecule has 0 saturated carbocycles. The molecule has 2 aromatic rings. The van der Waals surface area contributed by atoms with Gasteiger partial charge in [-0.2, -0.15) is 13.2 Å². The van der Waals surface area contributed by atoms with Gasteiger partial charge in [-0.1, -0.05) is 35.9 Å². The van der Waals surface area contributed by atoms with Crippen LogP contribution in [0.3, 0.4) is 0 Å². The molecule has 26 heavy (non-hydrogen) atoms. The molecule has 7 heteroatoms. The van der Waals surface area contributed by atoms with E-state index in [1.165, 1.54) is 17.2 Å². The summed E-state index contributed by atoms with van der Waals surface area (Å²) < 4.78 is 38.6. The van der Waals surface area contributed by atoms with Crippen LogP contribution in [0, 0.1) is 0 Å². The van der Waals surface area contributed by atoms with Gasteiger partial charge in [0, 0.05) is 31.7 Å². The van der Waals surface area contributed by atoms with E-state index in [0.29, 0.717) is 6.54 Å². The van der Waals surface area contributed by atoms with Gasteiger partial charge in [0.1, 0.15) is 0 Å². The minimum absolute atomic E-state index is 0.0933. The number of alkyl halides is 3. The lowest BCUT2D eigenvalue weighted by molar-refractivity contribution is -0.137. The Bertz CT molecular complexity index is 808. The lowest BCUT2D eigenvalue weighted by Gasteiger charge is -2.28. The number of fused-ring (bicyclic) bond motifs is 1. The van der Waals surface area contributed by atoms with Crippen molar-refractivity contribution in [1.29, 1.82) is 0 Å². The third kappa shape index (κ3) is 4.56. The average Bonchev–Trinajstić information content (AvgIpc) is 2.60. The molecule has 0 aromatic heterocycles. The van der Waals surface area contributed by atoms with Crippen molar-refractivity contribution in [3.05, 3.63) is 64.2 Å². The van der Waals surface area contributed by atoms with Crippen LogP contribution in [0.15, 0.2) is 42.5 Å². The van der Waals surface area contributed by atoms with Crippen molar-refractivity contribution in [2.24, 2.45) is 0 Å². The number of benzene rings is 2. The molecule has 1 N–H and O–H groups in total. The molecule has 3 nitrogen and oxygen atoms in total. The second kappa shape index (κ2) is 7.68. The van der Waals surface area contributed by atoms with Gasteiger partial charge < -0.3 is 5.32 Å². The Hall–Kier alpha value is -2.05. The van der Waals surface area contributed by atoms with Crippen molar-refractivity contribution in [1.82, 2.24) is 4.90 Å². The summed E-state index contributed by atoms with van der Waals surface area (Å²) in [5.41, 5.74) is 1.72. The highest BCUT2D eigenvalue weighted by molar-refractivity contribution is 6.31. The summed E-state index contributed by atoms with van der Waals surface area (Å²) in [7, 11) is 0. The number of anilines is 1. The highest BCUT2D eigenvalue weighted by atomic mass is 35.5. The van der Waals surface area contributed by atoms with Gasteiger partial charge in [-0.25, -0.2) is 0 Å². The van der Waals surface area contributed by atoms with E-state index in [1.807, 2.05) is 12.1 Å². The van der Waals surface area contributed by atoms with Crippen molar-refractivity contribution in [2.75, 3.05) is 18.4 Å². The number of hydrogen-bond donors (Lipinski definition) is 1. The molecule has 1 amide bonds. The minimum Gasteiger partial charge on any atom is -0.326 e. The normalized spacial score (nSPS) is 14.8. The van der Waals surface area contributed by atoms with Gasteiger partial charge in [-0.05, 0) is 35.7 Å². The smallest absolute Gasteiger partial charge is 0.326 e. The van der Waals surface area contributed by atoms with Crippen LogP contribution in [0.2, 0.25) is 5.02 Å². The third-order valence-corrected chi connectivity index (χ3v) is 4.75. The Morgan fingerprint density at radius 1 is 1.15 bits per heavy atom. The van der Waals surface area contributed by atoms with Crippen molar-refractivity contribution < 1.29 is 18.0 Å². The summed E-state index contributed by atoms with van der Waals surface area (Å²) in [5.74, 6) is -0.320. The van der Waals surface area contributed by atoms with Crippen LogP contribution in [0.5, 0.6) is 0 Å². The summed E-state index contributed by atoms with van der Waals surface area (Å²) in [6.07, 6.45) is -3.41. The van der Waals surface area contributed by atoms with E-state index in [4.69, 9.17) is 11.6 Å². The van der Waals surface area contributed by atoms with Gasteiger partial charge in [0.2, 0.25) is 5.91 Å². The van der Waals surface area contributed by atoms with E-state index in [-0.39, 0.29) is 23.0 Å². The first-order valence-corrected chi connectivity index (χ1v) is 8.66. The summed E-state index contributed by atoms with van der Waals surface area (Å²) >= 11 is 5.58. The molecule has 138 valence electrons. The van der Waals surface area contributed by atoms with E-state index in [0.717, 1.165) is 31.6 Å². The Morgan fingerprint density at radius 3 is 2.62 bits per heavy atom. The third-order valence-electron chi connectivity index (χ3n) is 4.42. The van der Waals surface area contributed by atoms with Crippen molar-refractivity contribution in [2.45, 2.75) is 25.6 Å². The van der Waals surface area contributed by atoms with Gasteiger partial charge in [0.05, 0.1) is 10.6 Å². The molecule has 0 atom stereocenters. The molecule has 1 aliphatic heterocycles. The van der Waals surface area contributed by atoms with Gasteiger partial charge in [-0.15, -0.1) is 0 Å². The van der Waals surface area contributed by atoms with Crippen molar-refractivity contribution in [3.63, 3.8) is 0 Å². The average molecular weight is 383 g/mol. The standard InChI is InChI=1S/C19H18ClF3N2O/c20-17-6-5-15(11-16(17)19(21,22)23)24-18(26)8-10-25-9-7-13-3-1-2-4-14(13)12-25/h1-6,11H,7-10,12H2,(H,24,26). The Labute approximate surface area is 154 Å². The maximum Gasteiger partial charge on any atom is 0.417 e. The van der Waals surface area contributed by atoms with Gasteiger partial charge in [0.25, 0.3) is 0 Å². The second-order valence-corrected chi connectivity index (χ2v) is 6.69. The van der Waals surface area contributed by atoms with Crippen molar-refractivity contribution >= 4 is 23.2 Å². The van der Waals surface area contributed by atoms with Crippen LogP contribution in [0.4, 0.5) is 18.9 Å². The SMILES string of the molecule is O=C(CCN1CCc2ccccc2C1)Nc1ccc(Cl)c(C(F)(F)F)c1. The predicted molar refractivity (Wildman–Crippen MR) is 95.1 cm³/mol. The van der Waals surface area contributed by atoms with E-state index in [1.54, 1.807) is 0 Å². The highest BCUT2D eigenvalue weighted by Gasteiger charge is 2.33. The number of rotatable bonds is 4. The molecule has 1 aliphatic rings. The number of carbonyl (C=O) groups is 1. The van der Waals surface area contributed by atoms with E-state index < -0.39 is 11.7 Å². The first-order valence-electron chi connectivity index (χ1n) is 8.28. The van der Waals surface area contributed by atoms with Crippen LogP contribution in [-0.4, -0.2) is 23.9 Å². The highest BCUT2D eigenvalue weighted by Crippen LogP contribution is 2.36. The fourth-order valence-corrected chi connectivity index (χ4v) is 3.27. The number of nitrogens with one attached hydrogen (secondary N) is 1. The van der Waals surface area contributed by atoms with Crippen LogP contribution < -0.4 is 5.32 Å². The van der Waals surface area contributed by atoms with E-state index in [9.17, 15) is 18.0 Å². The molecule has 3 rings (SSSR count). The number of nitrogens with zero attached hydrogens (tertiary/aromatic N) is 1. The lowest BCUT2D eigenvalue weighted by atomic mass is 10.00. The molecular formula is C19H18ClF3N2O. The summed E-state index contributed by atoms with van der Waals surface area (Å²) in [4.78, 5) is 14.3. The fourth-order valence-electron chi connectivity index (χ4n) is 3.05. The number of halogens is 4. The molecule has 1 heterocycles. The fraction of sp³-hybridized carbons (Fsp3) is 0.316. The summed E-state index contributed by atoms with van der Waals surface area (Å²) in [6.45, 7) is 2.20. The summed E-state index contributed by atoms with van der Waals surface area (Å²) in [5, 5.41) is 2.13. The number of hydrogen-bond acceptors (Lipinski definition) is 2. The first-order chi connectivity index (χ1) is 12.3. The predicted octanol–water partition coefficient (Wildman–Crippen LogP) is 4.75. The Morgan fingerprint density at radius 2 is 1.88 bits per heavy atom. The molecule has 0 fully saturated rings. The Kier molecular flexibility index (Phi) is 5.53. The monoisotopic (exact) mass is 382 g/mol. The molecule has 0 bridgehead atoms. The zero-order valence-electron chi connectivity index (χ0n) is 13.9. The topological polar surface area (TPSA) is 32.3 Å². The zero-order valence-corrected chi connectivity index (χ0v) is 14.7. The molecule has 0 unspecified atom stereocenters. The largest absolute Gasteiger partial charge is 0.417 e. The molecule has 2 aromatic carbocycles. The van der Waals surface area contributed by atoms with Gasteiger partial charge >= 0.3 is 6.18 Å². The molecule has 0 saturated heterocycles. The van der Waals surface area contributed by atoms with Crippen molar-refractivity contribution in [3.8, 4) is 0 Å². The molecular weight excluding hydrogens is 365 g/mol. The maximum absolute atomic E-state index is 12.9. The summed E-state index contributed by atoms with van der Waals surface area (Å²) in [6, 6.07) is 11.6. The molecule has 0 radical (unpaired) electrons. The molecule has 0 aliphatic carbocycles. The van der Waals surface area contributed by atoms with Crippen LogP contribution in [0.25, 0.3) is 0 Å². The van der Waals surface area contributed by atoms with E-state index in [2.05, 4.69) is 22.3 Å². The van der Waals surface area contributed by atoms with E-state index >= 15 is 0 Å². The van der Waals surface area contributed by atoms with Crippen LogP contribution in [-0.2, 0) is 23.9 Å².